The van der Waals surface area contributed by atoms with Crippen LogP contribution in [0.2, 0.25) is 5.02 Å². The molecular weight excluding hydrogens is 509 g/mol. The molecule has 0 spiro atoms. The predicted octanol–water partition coefficient (Wildman–Crippen LogP) is 6.83. The highest BCUT2D eigenvalue weighted by atomic mass is 35.5. The number of pyridine rings is 1. The number of terminal acetylenes is 1. The number of hydrogen-bond donors (Lipinski definition) is 1. The van der Waals surface area contributed by atoms with Gasteiger partial charge >= 0.3 is 5.97 Å². The third-order valence-corrected chi connectivity index (χ3v) is 5.80. The van der Waals surface area contributed by atoms with Crippen LogP contribution in [0.4, 0.5) is 4.39 Å². The molecule has 0 aliphatic rings. The molecule has 0 aliphatic heterocycles. The highest BCUT2D eigenvalue weighted by Gasteiger charge is 2.18. The van der Waals surface area contributed by atoms with Crippen molar-refractivity contribution in [1.82, 2.24) is 4.98 Å². The van der Waals surface area contributed by atoms with Crippen LogP contribution in [-0.2, 0) is 4.74 Å². The third-order valence-electron chi connectivity index (χ3n) is 5.57. The summed E-state index contributed by atoms with van der Waals surface area (Å²) in [5.41, 5.74) is 3.10. The van der Waals surface area contributed by atoms with E-state index in [1.54, 1.807) is 0 Å². The standard InChI is InChI=1S/C30H23ClFNO5/c1-2-14-36-29(18-37-28-13-12-25(38-19-32)17-26(28)30(34)35)22-5-3-4-20(15-22)6-10-24-11-8-21-7-9-23(31)16-27(21)33-24/h1,3-13,15-17,29H,14,18-19H2,(H,34,35)/b10-6+/t29-/m0/s1. The average molecular weight is 532 g/mol. The van der Waals surface area contributed by atoms with Crippen LogP contribution >= 0.6 is 11.6 Å². The lowest BCUT2D eigenvalue weighted by Gasteiger charge is -2.19. The second-order valence-electron chi connectivity index (χ2n) is 8.11. The van der Waals surface area contributed by atoms with Crippen LogP contribution in [0.1, 0.15) is 33.3 Å². The minimum Gasteiger partial charge on any atom is -0.490 e. The smallest absolute Gasteiger partial charge is 0.339 e. The molecule has 0 saturated carbocycles. The zero-order valence-corrected chi connectivity index (χ0v) is 20.9. The second kappa shape index (κ2) is 12.7. The number of fused-ring (bicyclic) bond motifs is 1. The molecule has 3 aromatic carbocycles. The molecule has 0 bridgehead atoms. The molecule has 0 amide bonds. The Kier molecular flexibility index (Phi) is 8.94. The third kappa shape index (κ3) is 6.88. The van der Waals surface area contributed by atoms with Gasteiger partial charge in [-0.2, -0.15) is 0 Å². The van der Waals surface area contributed by atoms with Gasteiger partial charge in [0.25, 0.3) is 0 Å². The van der Waals surface area contributed by atoms with Gasteiger partial charge in [0.15, 0.2) is 0 Å². The molecule has 0 fully saturated rings. The fourth-order valence-corrected chi connectivity index (χ4v) is 3.92. The van der Waals surface area contributed by atoms with Crippen LogP contribution in [-0.4, -0.2) is 36.1 Å². The van der Waals surface area contributed by atoms with Crippen LogP contribution < -0.4 is 9.47 Å². The number of halogens is 2. The maximum Gasteiger partial charge on any atom is 0.339 e. The molecule has 192 valence electrons. The molecule has 1 N–H and O–H groups in total. The summed E-state index contributed by atoms with van der Waals surface area (Å²) < 4.78 is 28.8. The van der Waals surface area contributed by atoms with Gasteiger partial charge in [-0.05, 0) is 59.7 Å². The van der Waals surface area contributed by atoms with Crippen LogP contribution in [0.15, 0.2) is 72.8 Å². The van der Waals surface area contributed by atoms with Crippen molar-refractivity contribution in [3.8, 4) is 23.8 Å². The summed E-state index contributed by atoms with van der Waals surface area (Å²) in [4.78, 5) is 16.3. The zero-order valence-electron chi connectivity index (χ0n) is 20.1. The Bertz CT molecular complexity index is 1510. The number of carboxylic acids is 1. The highest BCUT2D eigenvalue weighted by Crippen LogP contribution is 2.27. The Morgan fingerprint density at radius 1 is 1.08 bits per heavy atom. The molecule has 6 nitrogen and oxygen atoms in total. The average Bonchev–Trinajstić information content (AvgIpc) is 2.92. The summed E-state index contributed by atoms with van der Waals surface area (Å²) in [6.07, 6.45) is 8.64. The lowest BCUT2D eigenvalue weighted by Crippen LogP contribution is -2.16. The summed E-state index contributed by atoms with van der Waals surface area (Å²) in [7, 11) is 0. The molecule has 4 rings (SSSR count). The number of rotatable bonds is 11. The van der Waals surface area contributed by atoms with Crippen molar-refractivity contribution in [2.75, 3.05) is 20.1 Å². The Balaban J connectivity index is 1.53. The second-order valence-corrected chi connectivity index (χ2v) is 8.54. The largest absolute Gasteiger partial charge is 0.490 e. The van der Waals surface area contributed by atoms with Crippen molar-refractivity contribution in [3.63, 3.8) is 0 Å². The summed E-state index contributed by atoms with van der Waals surface area (Å²) in [5.74, 6) is 1.39. The predicted molar refractivity (Wildman–Crippen MR) is 145 cm³/mol. The van der Waals surface area contributed by atoms with Crippen LogP contribution in [0, 0.1) is 12.3 Å². The normalized spacial score (nSPS) is 11.8. The summed E-state index contributed by atoms with van der Waals surface area (Å²) in [6.45, 7) is -1.05. The first-order valence-electron chi connectivity index (χ1n) is 11.5. The molecule has 0 unspecified atom stereocenters. The molecule has 0 aliphatic carbocycles. The molecule has 1 heterocycles. The number of benzene rings is 3. The van der Waals surface area contributed by atoms with Gasteiger partial charge < -0.3 is 19.3 Å². The van der Waals surface area contributed by atoms with Gasteiger partial charge in [-0.1, -0.05) is 53.9 Å². The van der Waals surface area contributed by atoms with Gasteiger partial charge in [-0.25, -0.2) is 14.2 Å². The molecule has 0 saturated heterocycles. The Morgan fingerprint density at radius 3 is 2.71 bits per heavy atom. The van der Waals surface area contributed by atoms with Crippen molar-refractivity contribution in [3.05, 3.63) is 100 Å². The van der Waals surface area contributed by atoms with Gasteiger partial charge in [0, 0.05) is 10.4 Å². The number of alkyl halides is 1. The van der Waals surface area contributed by atoms with E-state index in [-0.39, 0.29) is 30.3 Å². The maximum absolute atomic E-state index is 12.5. The SMILES string of the molecule is C#CCO[C@@H](COc1ccc(OCF)cc1C(=O)O)c1cccc(/C=C/c2ccc3ccc(Cl)cc3n2)c1. The van der Waals surface area contributed by atoms with E-state index in [1.807, 2.05) is 66.7 Å². The number of nitrogens with zero attached hydrogens (tertiary/aromatic N) is 1. The van der Waals surface area contributed by atoms with Crippen molar-refractivity contribution >= 4 is 40.6 Å². The summed E-state index contributed by atoms with van der Waals surface area (Å²) in [6, 6.07) is 21.1. The van der Waals surface area contributed by atoms with Gasteiger partial charge in [0.2, 0.25) is 6.86 Å². The van der Waals surface area contributed by atoms with E-state index >= 15 is 0 Å². The van der Waals surface area contributed by atoms with Gasteiger partial charge in [-0.15, -0.1) is 6.42 Å². The molecule has 0 radical (unpaired) electrons. The molecule has 1 atom stereocenters. The minimum atomic E-state index is -1.23. The van der Waals surface area contributed by atoms with Gasteiger partial charge in [0.05, 0.1) is 11.2 Å². The molecule has 4 aromatic rings. The van der Waals surface area contributed by atoms with E-state index in [0.717, 1.165) is 27.7 Å². The maximum atomic E-state index is 12.5. The monoisotopic (exact) mass is 531 g/mol. The van der Waals surface area contributed by atoms with Crippen LogP contribution in [0.3, 0.4) is 0 Å². The zero-order chi connectivity index (χ0) is 26.9. The number of ether oxygens (including phenoxy) is 3. The highest BCUT2D eigenvalue weighted by molar-refractivity contribution is 6.31. The number of aromatic nitrogens is 1. The van der Waals surface area contributed by atoms with E-state index in [9.17, 15) is 14.3 Å². The summed E-state index contributed by atoms with van der Waals surface area (Å²) >= 11 is 6.10. The van der Waals surface area contributed by atoms with E-state index in [0.29, 0.717) is 5.02 Å². The van der Waals surface area contributed by atoms with Crippen molar-refractivity contribution in [2.24, 2.45) is 0 Å². The fraction of sp³-hybridized carbons (Fsp3) is 0.133. The first-order valence-corrected chi connectivity index (χ1v) is 11.9. The molecule has 38 heavy (non-hydrogen) atoms. The molecular formula is C30H23ClFNO5. The van der Waals surface area contributed by atoms with Crippen LogP contribution in [0.5, 0.6) is 11.5 Å². The Morgan fingerprint density at radius 2 is 1.92 bits per heavy atom. The fourth-order valence-electron chi connectivity index (χ4n) is 3.75. The quantitative estimate of drug-likeness (QED) is 0.214. The van der Waals surface area contributed by atoms with Crippen molar-refractivity contribution in [1.29, 1.82) is 0 Å². The van der Waals surface area contributed by atoms with E-state index < -0.39 is 18.9 Å². The number of aromatic carboxylic acids is 1. The lowest BCUT2D eigenvalue weighted by atomic mass is 10.1. The molecule has 8 heteroatoms. The number of carboxylic acid groups (broad SMARTS) is 1. The van der Waals surface area contributed by atoms with Gasteiger partial charge in [-0.3, -0.25) is 0 Å². The van der Waals surface area contributed by atoms with E-state index in [1.165, 1.54) is 18.2 Å². The Labute approximate surface area is 224 Å². The topological polar surface area (TPSA) is 77.9 Å². The van der Waals surface area contributed by atoms with Gasteiger partial charge in [0.1, 0.15) is 36.4 Å². The number of carbonyl (C=O) groups is 1. The van der Waals surface area contributed by atoms with E-state index in [2.05, 4.69) is 10.9 Å². The van der Waals surface area contributed by atoms with Crippen LogP contribution in [0.25, 0.3) is 23.1 Å². The first kappa shape index (κ1) is 26.7. The lowest BCUT2D eigenvalue weighted by molar-refractivity contribution is 0.0375. The van der Waals surface area contributed by atoms with E-state index in [4.69, 9.17) is 32.2 Å². The first-order chi connectivity index (χ1) is 18.5. The minimum absolute atomic E-state index is 0.00850. The Hall–Kier alpha value is -4.38. The van der Waals surface area contributed by atoms with Crippen molar-refractivity contribution in [2.45, 2.75) is 6.10 Å². The summed E-state index contributed by atoms with van der Waals surface area (Å²) in [5, 5.41) is 11.2. The van der Waals surface area contributed by atoms with Crippen molar-refractivity contribution < 1.29 is 28.5 Å². The molecule has 1 aromatic heterocycles. The number of hydrogen-bond acceptors (Lipinski definition) is 5.